The number of nitrogens with one attached hydrogen (secondary N) is 1. The lowest BCUT2D eigenvalue weighted by Gasteiger charge is -2.15. The number of anilines is 1. The number of hydrogen-bond acceptors (Lipinski definition) is 4. The van der Waals surface area contributed by atoms with Crippen molar-refractivity contribution in [2.75, 3.05) is 12.0 Å². The zero-order chi connectivity index (χ0) is 7.68. The van der Waals surface area contributed by atoms with Gasteiger partial charge < -0.3 is 10.1 Å². The molecule has 0 atom stereocenters. The topological polar surface area (TPSA) is 51.2 Å². The Bertz CT molecular complexity index is 298. The number of cyclic esters (lactones) is 1. The van der Waals surface area contributed by atoms with Gasteiger partial charge in [-0.1, -0.05) is 0 Å². The summed E-state index contributed by atoms with van der Waals surface area (Å²) in [6.45, 7) is 0.211. The molecule has 0 fully saturated rings. The van der Waals surface area contributed by atoms with Crippen LogP contribution >= 0.6 is 0 Å². The number of carbonyl (C=O) groups excluding carboxylic acids is 1. The first-order valence-corrected chi connectivity index (χ1v) is 3.24. The number of rotatable bonds is 0. The summed E-state index contributed by atoms with van der Waals surface area (Å²) in [6.07, 6.45) is 1.63. The molecule has 1 aliphatic rings. The van der Waals surface area contributed by atoms with Crippen LogP contribution in [0.4, 0.5) is 5.82 Å². The second-order valence-corrected chi connectivity index (χ2v) is 2.15. The van der Waals surface area contributed by atoms with Gasteiger partial charge in [-0.15, -0.1) is 0 Å². The van der Waals surface area contributed by atoms with Crippen molar-refractivity contribution in [1.29, 1.82) is 0 Å². The van der Waals surface area contributed by atoms with E-state index in [-0.39, 0.29) is 12.7 Å². The van der Waals surface area contributed by atoms with Crippen LogP contribution in [0.3, 0.4) is 0 Å². The van der Waals surface area contributed by atoms with E-state index in [4.69, 9.17) is 4.74 Å². The monoisotopic (exact) mass is 150 g/mol. The van der Waals surface area contributed by atoms with Gasteiger partial charge in [0.1, 0.15) is 11.4 Å². The Morgan fingerprint density at radius 1 is 1.64 bits per heavy atom. The van der Waals surface area contributed by atoms with Crippen LogP contribution in [-0.2, 0) is 4.74 Å². The fraction of sp³-hybridized carbons (Fsp3) is 0.143. The fourth-order valence-electron chi connectivity index (χ4n) is 0.959. The van der Waals surface area contributed by atoms with E-state index >= 15 is 0 Å². The molecule has 56 valence electrons. The van der Waals surface area contributed by atoms with Crippen molar-refractivity contribution in [2.24, 2.45) is 0 Å². The van der Waals surface area contributed by atoms with Crippen molar-refractivity contribution < 1.29 is 9.53 Å². The molecule has 4 heteroatoms. The SMILES string of the molecule is O=C1OCNc2ncccc21. The lowest BCUT2D eigenvalue weighted by atomic mass is 10.2. The number of aromatic nitrogens is 1. The molecule has 1 aromatic heterocycles. The van der Waals surface area contributed by atoms with Crippen LogP contribution in [0.1, 0.15) is 10.4 Å². The van der Waals surface area contributed by atoms with E-state index in [0.29, 0.717) is 11.4 Å². The molecule has 0 unspecified atom stereocenters. The summed E-state index contributed by atoms with van der Waals surface area (Å²) < 4.78 is 4.71. The van der Waals surface area contributed by atoms with Crippen molar-refractivity contribution >= 4 is 11.8 Å². The van der Waals surface area contributed by atoms with Gasteiger partial charge in [0.25, 0.3) is 0 Å². The first-order valence-electron chi connectivity index (χ1n) is 3.24. The summed E-state index contributed by atoms with van der Waals surface area (Å²) in [5, 5.41) is 2.84. The van der Waals surface area contributed by atoms with E-state index in [1.54, 1.807) is 18.3 Å². The van der Waals surface area contributed by atoms with E-state index in [0.717, 1.165) is 0 Å². The maximum atomic E-state index is 11.0. The minimum absolute atomic E-state index is 0.211. The van der Waals surface area contributed by atoms with Crippen molar-refractivity contribution in [3.05, 3.63) is 23.9 Å². The number of fused-ring (bicyclic) bond motifs is 1. The summed E-state index contributed by atoms with van der Waals surface area (Å²) in [6, 6.07) is 3.38. The quantitative estimate of drug-likeness (QED) is 0.551. The van der Waals surface area contributed by atoms with Crippen molar-refractivity contribution in [2.45, 2.75) is 0 Å². The average Bonchev–Trinajstić information content (AvgIpc) is 2.06. The standard InChI is InChI=1S/C7H6N2O2/c10-7-5-2-1-3-8-6(5)9-4-11-7/h1-3H,4H2,(H,8,9). The summed E-state index contributed by atoms with van der Waals surface area (Å²) in [7, 11) is 0. The van der Waals surface area contributed by atoms with Crippen molar-refractivity contribution in [3.63, 3.8) is 0 Å². The normalized spacial score (nSPS) is 14.7. The van der Waals surface area contributed by atoms with E-state index < -0.39 is 0 Å². The molecule has 0 saturated heterocycles. The van der Waals surface area contributed by atoms with Gasteiger partial charge in [-0.3, -0.25) is 0 Å². The van der Waals surface area contributed by atoms with Crippen LogP contribution in [0.5, 0.6) is 0 Å². The Balaban J connectivity index is 2.52. The Hall–Kier alpha value is -1.58. The predicted molar refractivity (Wildman–Crippen MR) is 38.1 cm³/mol. The van der Waals surface area contributed by atoms with E-state index in [9.17, 15) is 4.79 Å². The van der Waals surface area contributed by atoms with Gasteiger partial charge in [0.05, 0.1) is 0 Å². The van der Waals surface area contributed by atoms with E-state index in [2.05, 4.69) is 10.3 Å². The molecule has 0 aromatic carbocycles. The molecule has 4 nitrogen and oxygen atoms in total. The Kier molecular flexibility index (Phi) is 1.25. The Labute approximate surface area is 63.2 Å². The van der Waals surface area contributed by atoms with Crippen molar-refractivity contribution in [1.82, 2.24) is 4.98 Å². The third-order valence-corrected chi connectivity index (χ3v) is 1.47. The zero-order valence-corrected chi connectivity index (χ0v) is 5.70. The molecule has 2 heterocycles. The minimum Gasteiger partial charge on any atom is -0.441 e. The van der Waals surface area contributed by atoms with Gasteiger partial charge in [-0.25, -0.2) is 9.78 Å². The lowest BCUT2D eigenvalue weighted by molar-refractivity contribution is 0.0516. The highest BCUT2D eigenvalue weighted by Crippen LogP contribution is 2.15. The van der Waals surface area contributed by atoms with Gasteiger partial charge in [0.15, 0.2) is 6.73 Å². The maximum Gasteiger partial charge on any atom is 0.343 e. The highest BCUT2D eigenvalue weighted by molar-refractivity contribution is 5.95. The van der Waals surface area contributed by atoms with E-state index in [1.165, 1.54) is 0 Å². The summed E-state index contributed by atoms with van der Waals surface area (Å²) in [5.41, 5.74) is 0.499. The number of carbonyl (C=O) groups is 1. The minimum atomic E-state index is -0.313. The van der Waals surface area contributed by atoms with Crippen molar-refractivity contribution in [3.8, 4) is 0 Å². The van der Waals surface area contributed by atoms with Gasteiger partial charge in [-0.2, -0.15) is 0 Å². The largest absolute Gasteiger partial charge is 0.441 e. The molecule has 0 bridgehead atoms. The molecular weight excluding hydrogens is 144 g/mol. The van der Waals surface area contributed by atoms with Crippen LogP contribution in [-0.4, -0.2) is 17.7 Å². The van der Waals surface area contributed by atoms with Gasteiger partial charge in [0, 0.05) is 6.20 Å². The van der Waals surface area contributed by atoms with Gasteiger partial charge in [0.2, 0.25) is 0 Å². The van der Waals surface area contributed by atoms with Gasteiger partial charge in [-0.05, 0) is 12.1 Å². The molecule has 0 spiro atoms. The number of nitrogens with zero attached hydrogens (tertiary/aromatic N) is 1. The maximum absolute atomic E-state index is 11.0. The summed E-state index contributed by atoms with van der Waals surface area (Å²) >= 11 is 0. The third kappa shape index (κ3) is 0.920. The summed E-state index contributed by atoms with van der Waals surface area (Å²) in [5.74, 6) is 0.288. The van der Waals surface area contributed by atoms with Crippen LogP contribution in [0.15, 0.2) is 18.3 Å². The molecular formula is C7H6N2O2. The number of hydrogen-bond donors (Lipinski definition) is 1. The van der Waals surface area contributed by atoms with Crippen LogP contribution in [0.25, 0.3) is 0 Å². The molecule has 1 aromatic rings. The van der Waals surface area contributed by atoms with Gasteiger partial charge >= 0.3 is 5.97 Å². The number of ether oxygens (including phenoxy) is 1. The molecule has 1 N–H and O–H groups in total. The third-order valence-electron chi connectivity index (χ3n) is 1.47. The molecule has 0 amide bonds. The average molecular weight is 150 g/mol. The molecule has 11 heavy (non-hydrogen) atoms. The highest BCUT2D eigenvalue weighted by Gasteiger charge is 2.17. The van der Waals surface area contributed by atoms with Crippen LogP contribution in [0.2, 0.25) is 0 Å². The zero-order valence-electron chi connectivity index (χ0n) is 5.70. The molecule has 2 rings (SSSR count). The number of esters is 1. The second kappa shape index (κ2) is 2.23. The molecule has 1 aliphatic heterocycles. The van der Waals surface area contributed by atoms with Crippen LogP contribution < -0.4 is 5.32 Å². The Morgan fingerprint density at radius 3 is 3.36 bits per heavy atom. The van der Waals surface area contributed by atoms with Crippen LogP contribution in [0, 0.1) is 0 Å². The molecule has 0 aliphatic carbocycles. The number of pyridine rings is 1. The Morgan fingerprint density at radius 2 is 2.55 bits per heavy atom. The van der Waals surface area contributed by atoms with E-state index in [1.807, 2.05) is 0 Å². The smallest absolute Gasteiger partial charge is 0.343 e. The molecule has 0 saturated carbocycles. The fourth-order valence-corrected chi connectivity index (χ4v) is 0.959. The first kappa shape index (κ1) is 6.15. The highest BCUT2D eigenvalue weighted by atomic mass is 16.5. The summed E-state index contributed by atoms with van der Waals surface area (Å²) in [4.78, 5) is 14.9. The first-order chi connectivity index (χ1) is 5.38. The molecule has 0 radical (unpaired) electrons. The lowest BCUT2D eigenvalue weighted by Crippen LogP contribution is -2.21. The predicted octanol–water partition coefficient (Wildman–Crippen LogP) is 0.621. The second-order valence-electron chi connectivity index (χ2n) is 2.15.